The van der Waals surface area contributed by atoms with Crippen LogP contribution in [-0.2, 0) is 0 Å². The Morgan fingerprint density at radius 1 is 0.640 bits per heavy atom. The zero-order chi connectivity index (χ0) is 16.9. The Bertz CT molecular complexity index is 911. The summed E-state index contributed by atoms with van der Waals surface area (Å²) in [7, 11) is 0. The number of benzene rings is 3. The summed E-state index contributed by atoms with van der Waals surface area (Å²) in [5.41, 5.74) is 7.25. The molecule has 0 saturated heterocycles. The molecule has 0 heterocycles. The molecule has 0 saturated carbocycles. The van der Waals surface area contributed by atoms with E-state index in [2.05, 4.69) is 96.3 Å². The Balaban J connectivity index is 0.00000196. The molecular weight excluding hydrogens is 302 g/mol. The van der Waals surface area contributed by atoms with Crippen LogP contribution in [0.4, 0.5) is 11.4 Å². The third kappa shape index (κ3) is 3.72. The molecular formula is C24H23N. The summed E-state index contributed by atoms with van der Waals surface area (Å²) >= 11 is 0. The fourth-order valence-corrected chi connectivity index (χ4v) is 3.18. The van der Waals surface area contributed by atoms with Gasteiger partial charge in [0, 0.05) is 12.8 Å². The molecule has 3 aromatic carbocycles. The normalized spacial score (nSPS) is 13.4. The molecule has 1 nitrogen and oxygen atoms in total. The second kappa shape index (κ2) is 7.23. The van der Waals surface area contributed by atoms with Gasteiger partial charge in [-0.2, -0.15) is 0 Å². The van der Waals surface area contributed by atoms with Crippen LogP contribution in [0.2, 0.25) is 0 Å². The molecule has 1 aliphatic carbocycles. The maximum absolute atomic E-state index is 3.54. The van der Waals surface area contributed by atoms with Crippen LogP contribution in [-0.4, -0.2) is 0 Å². The van der Waals surface area contributed by atoms with Crippen molar-refractivity contribution >= 4 is 16.9 Å². The molecule has 124 valence electrons. The molecule has 0 unspecified atom stereocenters. The standard InChI is InChI=1S/C24H21N.H2/c1-4-10-19(11-5-1)21-16-22(20-12-6-2-7-13-20)18-24(17-21)25-23-14-8-3-9-15-23;/h1,3-6,8-18,25H,2,7H2;1H. The minimum absolute atomic E-state index is 0. The lowest BCUT2D eigenvalue weighted by atomic mass is 9.95. The molecule has 0 aliphatic heterocycles. The van der Waals surface area contributed by atoms with E-state index in [-0.39, 0.29) is 1.43 Å². The van der Waals surface area contributed by atoms with Gasteiger partial charge in [-0.15, -0.1) is 0 Å². The van der Waals surface area contributed by atoms with E-state index in [1.165, 1.54) is 22.3 Å². The lowest BCUT2D eigenvalue weighted by Crippen LogP contribution is -1.94. The summed E-state index contributed by atoms with van der Waals surface area (Å²) < 4.78 is 0. The van der Waals surface area contributed by atoms with Crippen molar-refractivity contribution in [2.24, 2.45) is 0 Å². The van der Waals surface area contributed by atoms with E-state index in [9.17, 15) is 0 Å². The van der Waals surface area contributed by atoms with E-state index >= 15 is 0 Å². The van der Waals surface area contributed by atoms with Crippen LogP contribution in [0.3, 0.4) is 0 Å². The van der Waals surface area contributed by atoms with Crippen molar-refractivity contribution in [2.45, 2.75) is 12.8 Å². The molecule has 0 aromatic heterocycles. The number of hydrogen-bond donors (Lipinski definition) is 1. The third-order valence-corrected chi connectivity index (χ3v) is 4.43. The van der Waals surface area contributed by atoms with Crippen molar-refractivity contribution < 1.29 is 1.43 Å². The van der Waals surface area contributed by atoms with E-state index in [1.807, 2.05) is 6.07 Å². The Morgan fingerprint density at radius 3 is 2.08 bits per heavy atom. The van der Waals surface area contributed by atoms with E-state index < -0.39 is 0 Å². The first-order valence-electron chi connectivity index (χ1n) is 8.78. The lowest BCUT2D eigenvalue weighted by Gasteiger charge is -2.14. The second-order valence-corrected chi connectivity index (χ2v) is 6.30. The average Bonchev–Trinajstić information content (AvgIpc) is 2.70. The quantitative estimate of drug-likeness (QED) is 0.540. The monoisotopic (exact) mass is 325 g/mol. The maximum atomic E-state index is 3.54. The summed E-state index contributed by atoms with van der Waals surface area (Å²) in [5.74, 6) is 0. The molecule has 0 atom stereocenters. The van der Waals surface area contributed by atoms with Gasteiger partial charge in [0.05, 0.1) is 0 Å². The highest BCUT2D eigenvalue weighted by molar-refractivity contribution is 5.82. The van der Waals surface area contributed by atoms with Crippen molar-refractivity contribution in [2.75, 3.05) is 5.32 Å². The van der Waals surface area contributed by atoms with E-state index in [0.717, 1.165) is 24.2 Å². The van der Waals surface area contributed by atoms with Crippen LogP contribution in [0.5, 0.6) is 0 Å². The smallest absolute Gasteiger partial charge is 0.0396 e. The number of allylic oxidation sites excluding steroid dienone is 4. The fourth-order valence-electron chi connectivity index (χ4n) is 3.18. The first kappa shape index (κ1) is 15.5. The summed E-state index contributed by atoms with van der Waals surface area (Å²) in [5, 5.41) is 3.54. The average molecular weight is 325 g/mol. The van der Waals surface area contributed by atoms with Crippen molar-refractivity contribution in [1.29, 1.82) is 0 Å². The minimum Gasteiger partial charge on any atom is -0.355 e. The Hall–Kier alpha value is -3.06. The van der Waals surface area contributed by atoms with Gasteiger partial charge in [0.1, 0.15) is 0 Å². The topological polar surface area (TPSA) is 12.0 Å². The molecule has 3 aromatic rings. The molecule has 4 rings (SSSR count). The van der Waals surface area contributed by atoms with Crippen molar-refractivity contribution in [1.82, 2.24) is 0 Å². The molecule has 1 heteroatoms. The van der Waals surface area contributed by atoms with Gasteiger partial charge in [0.15, 0.2) is 0 Å². The number of nitrogens with one attached hydrogen (secondary N) is 1. The molecule has 1 aliphatic rings. The van der Waals surface area contributed by atoms with Gasteiger partial charge in [-0.25, -0.2) is 0 Å². The van der Waals surface area contributed by atoms with Crippen LogP contribution in [0.15, 0.2) is 97.1 Å². The Morgan fingerprint density at radius 2 is 1.36 bits per heavy atom. The zero-order valence-electron chi connectivity index (χ0n) is 14.2. The largest absolute Gasteiger partial charge is 0.355 e. The van der Waals surface area contributed by atoms with Crippen LogP contribution in [0.25, 0.3) is 16.7 Å². The van der Waals surface area contributed by atoms with Crippen molar-refractivity contribution in [3.05, 3.63) is 103 Å². The highest BCUT2D eigenvalue weighted by atomic mass is 14.9. The summed E-state index contributed by atoms with van der Waals surface area (Å²) in [6, 6.07) is 27.6. The first-order chi connectivity index (χ1) is 12.4. The SMILES string of the molecule is C1=CC(c2cc(Nc3ccccc3)cc(-c3ccccc3)c2)=CCC1.[HH]. The fraction of sp³-hybridized carbons (Fsp3) is 0.0833. The molecule has 0 bridgehead atoms. The molecule has 0 radical (unpaired) electrons. The summed E-state index contributed by atoms with van der Waals surface area (Å²) in [6.45, 7) is 0. The van der Waals surface area contributed by atoms with Gasteiger partial charge in [-0.05, 0) is 65.4 Å². The van der Waals surface area contributed by atoms with Crippen LogP contribution in [0, 0.1) is 0 Å². The van der Waals surface area contributed by atoms with E-state index in [1.54, 1.807) is 0 Å². The van der Waals surface area contributed by atoms with E-state index in [0.29, 0.717) is 0 Å². The Labute approximate surface area is 150 Å². The summed E-state index contributed by atoms with van der Waals surface area (Å²) in [4.78, 5) is 0. The number of anilines is 2. The molecule has 0 spiro atoms. The van der Waals surface area contributed by atoms with Gasteiger partial charge in [-0.3, -0.25) is 0 Å². The van der Waals surface area contributed by atoms with Crippen LogP contribution < -0.4 is 5.32 Å². The number of rotatable bonds is 4. The highest BCUT2D eigenvalue weighted by Gasteiger charge is 2.07. The van der Waals surface area contributed by atoms with Crippen molar-refractivity contribution in [3.8, 4) is 11.1 Å². The van der Waals surface area contributed by atoms with Crippen molar-refractivity contribution in [3.63, 3.8) is 0 Å². The molecule has 25 heavy (non-hydrogen) atoms. The predicted molar refractivity (Wildman–Crippen MR) is 110 cm³/mol. The third-order valence-electron chi connectivity index (χ3n) is 4.43. The molecule has 1 N–H and O–H groups in total. The number of para-hydroxylation sites is 1. The first-order valence-corrected chi connectivity index (χ1v) is 8.78. The van der Waals surface area contributed by atoms with Gasteiger partial charge in [0.2, 0.25) is 0 Å². The Kier molecular flexibility index (Phi) is 4.47. The zero-order valence-corrected chi connectivity index (χ0v) is 14.2. The lowest BCUT2D eigenvalue weighted by molar-refractivity contribution is 1.04. The van der Waals surface area contributed by atoms with Gasteiger partial charge >= 0.3 is 0 Å². The molecule has 0 fully saturated rings. The molecule has 0 amide bonds. The van der Waals surface area contributed by atoms with Gasteiger partial charge in [0.25, 0.3) is 0 Å². The van der Waals surface area contributed by atoms with Crippen LogP contribution >= 0.6 is 0 Å². The summed E-state index contributed by atoms with van der Waals surface area (Å²) in [6.07, 6.45) is 9.07. The highest BCUT2D eigenvalue weighted by Crippen LogP contribution is 2.31. The second-order valence-electron chi connectivity index (χ2n) is 6.30. The number of hydrogen-bond acceptors (Lipinski definition) is 1. The van der Waals surface area contributed by atoms with Crippen LogP contribution in [0.1, 0.15) is 19.8 Å². The minimum atomic E-state index is 0. The maximum Gasteiger partial charge on any atom is 0.0396 e. The van der Waals surface area contributed by atoms with Gasteiger partial charge in [-0.1, -0.05) is 66.8 Å². The van der Waals surface area contributed by atoms with Gasteiger partial charge < -0.3 is 5.32 Å². The van der Waals surface area contributed by atoms with E-state index in [4.69, 9.17) is 0 Å². The predicted octanol–water partition coefficient (Wildman–Crippen LogP) is 7.08.